The molecule has 0 radical (unpaired) electrons. The highest BCUT2D eigenvalue weighted by Crippen LogP contribution is 2.21. The summed E-state index contributed by atoms with van der Waals surface area (Å²) in [6, 6.07) is 15.3. The maximum absolute atomic E-state index is 12.4. The van der Waals surface area contributed by atoms with Crippen LogP contribution in [0.4, 0.5) is 5.69 Å². The fourth-order valence-electron chi connectivity index (χ4n) is 3.08. The number of anilines is 1. The van der Waals surface area contributed by atoms with Crippen LogP contribution < -0.4 is 9.62 Å². The van der Waals surface area contributed by atoms with Crippen molar-refractivity contribution in [1.82, 2.24) is 10.2 Å². The summed E-state index contributed by atoms with van der Waals surface area (Å²) < 4.78 is 25.6. The number of amides is 1. The smallest absolute Gasteiger partial charge is 0.241 e. The van der Waals surface area contributed by atoms with Gasteiger partial charge in [-0.2, -0.15) is 0 Å². The van der Waals surface area contributed by atoms with Crippen LogP contribution in [0.3, 0.4) is 0 Å². The maximum Gasteiger partial charge on any atom is 0.241 e. The fourth-order valence-corrected chi connectivity index (χ4v) is 3.99. The Morgan fingerprint density at radius 2 is 1.55 bits per heavy atom. The molecule has 2 aromatic carbocycles. The molecular formula is C22H31N3O3S. The first kappa shape index (κ1) is 22.9. The van der Waals surface area contributed by atoms with E-state index in [2.05, 4.69) is 36.2 Å². The van der Waals surface area contributed by atoms with Gasteiger partial charge in [0.15, 0.2) is 0 Å². The van der Waals surface area contributed by atoms with Gasteiger partial charge in [0.1, 0.15) is 6.54 Å². The summed E-state index contributed by atoms with van der Waals surface area (Å²) in [5.74, 6) is -0.342. The van der Waals surface area contributed by atoms with Crippen LogP contribution >= 0.6 is 0 Å². The standard InChI is InChI=1S/C22H31N3O3S/c1-5-24(6-2)16-20-13-11-19(12-14-20)15-23-22(26)17-25(29(4,27)28)21-10-8-7-9-18(21)3/h7-14H,5-6,15-17H2,1-4H3,(H,23,26). The molecule has 1 N–H and O–H groups in total. The molecule has 7 heteroatoms. The number of carbonyl (C=O) groups is 1. The first-order valence-corrected chi connectivity index (χ1v) is 11.7. The lowest BCUT2D eigenvalue weighted by atomic mass is 10.1. The van der Waals surface area contributed by atoms with Crippen LogP contribution in [0.5, 0.6) is 0 Å². The van der Waals surface area contributed by atoms with Crippen molar-refractivity contribution in [2.45, 2.75) is 33.9 Å². The largest absolute Gasteiger partial charge is 0.350 e. The molecule has 2 aromatic rings. The second-order valence-corrected chi connectivity index (χ2v) is 9.02. The molecule has 0 saturated heterocycles. The van der Waals surface area contributed by atoms with E-state index in [4.69, 9.17) is 0 Å². The van der Waals surface area contributed by atoms with Crippen molar-refractivity contribution in [3.05, 3.63) is 65.2 Å². The predicted octanol–water partition coefficient (Wildman–Crippen LogP) is 2.92. The number of rotatable bonds is 10. The van der Waals surface area contributed by atoms with Crippen LogP contribution in [0.2, 0.25) is 0 Å². The number of benzene rings is 2. The quantitative estimate of drug-likeness (QED) is 0.645. The number of para-hydroxylation sites is 1. The summed E-state index contributed by atoms with van der Waals surface area (Å²) in [7, 11) is -3.57. The molecular weight excluding hydrogens is 386 g/mol. The lowest BCUT2D eigenvalue weighted by molar-refractivity contribution is -0.119. The van der Waals surface area contributed by atoms with E-state index in [0.717, 1.165) is 41.3 Å². The van der Waals surface area contributed by atoms with Crippen molar-refractivity contribution in [3.8, 4) is 0 Å². The van der Waals surface area contributed by atoms with E-state index < -0.39 is 10.0 Å². The Morgan fingerprint density at radius 3 is 2.10 bits per heavy atom. The Kier molecular flexibility index (Phi) is 8.22. The summed E-state index contributed by atoms with van der Waals surface area (Å²) >= 11 is 0. The summed E-state index contributed by atoms with van der Waals surface area (Å²) in [6.45, 7) is 9.14. The van der Waals surface area contributed by atoms with Crippen molar-refractivity contribution in [3.63, 3.8) is 0 Å². The van der Waals surface area contributed by atoms with E-state index in [0.29, 0.717) is 12.2 Å². The molecule has 0 heterocycles. The molecule has 0 aliphatic heterocycles. The number of nitrogens with zero attached hydrogens (tertiary/aromatic N) is 2. The van der Waals surface area contributed by atoms with E-state index >= 15 is 0 Å². The Hall–Kier alpha value is -2.38. The molecule has 0 fully saturated rings. The highest BCUT2D eigenvalue weighted by atomic mass is 32.2. The summed E-state index contributed by atoms with van der Waals surface area (Å²) in [5.41, 5.74) is 3.52. The van der Waals surface area contributed by atoms with Gasteiger partial charge in [-0.25, -0.2) is 8.42 Å². The van der Waals surface area contributed by atoms with Crippen molar-refractivity contribution in [2.75, 3.05) is 30.2 Å². The van der Waals surface area contributed by atoms with Gasteiger partial charge in [0.25, 0.3) is 0 Å². The number of hydrogen-bond acceptors (Lipinski definition) is 4. The van der Waals surface area contributed by atoms with E-state index in [9.17, 15) is 13.2 Å². The van der Waals surface area contributed by atoms with Gasteiger partial charge < -0.3 is 5.32 Å². The zero-order valence-electron chi connectivity index (χ0n) is 17.7. The number of aryl methyl sites for hydroxylation is 1. The fraction of sp³-hybridized carbons (Fsp3) is 0.409. The number of nitrogens with one attached hydrogen (secondary N) is 1. The molecule has 0 bridgehead atoms. The van der Waals surface area contributed by atoms with Gasteiger partial charge in [-0.05, 0) is 42.8 Å². The van der Waals surface area contributed by atoms with Gasteiger partial charge in [-0.3, -0.25) is 14.0 Å². The molecule has 0 saturated carbocycles. The van der Waals surface area contributed by atoms with Crippen LogP contribution in [0.15, 0.2) is 48.5 Å². The van der Waals surface area contributed by atoms with Crippen LogP contribution in [-0.2, 0) is 27.9 Å². The molecule has 2 rings (SSSR count). The van der Waals surface area contributed by atoms with Crippen molar-refractivity contribution >= 4 is 21.6 Å². The van der Waals surface area contributed by atoms with Crippen molar-refractivity contribution in [2.24, 2.45) is 0 Å². The normalized spacial score (nSPS) is 11.5. The number of sulfonamides is 1. The molecule has 158 valence electrons. The van der Waals surface area contributed by atoms with Crippen LogP contribution in [0, 0.1) is 6.92 Å². The zero-order valence-corrected chi connectivity index (χ0v) is 18.5. The van der Waals surface area contributed by atoms with Gasteiger partial charge >= 0.3 is 0 Å². The third-order valence-corrected chi connectivity index (χ3v) is 6.01. The minimum atomic E-state index is -3.57. The van der Waals surface area contributed by atoms with Gasteiger partial charge in [0.2, 0.25) is 15.9 Å². The zero-order chi connectivity index (χ0) is 21.4. The maximum atomic E-state index is 12.4. The third kappa shape index (κ3) is 6.87. The highest BCUT2D eigenvalue weighted by molar-refractivity contribution is 7.92. The van der Waals surface area contributed by atoms with Gasteiger partial charge in [-0.1, -0.05) is 56.3 Å². The SMILES string of the molecule is CCN(CC)Cc1ccc(CNC(=O)CN(c2ccccc2C)S(C)(=O)=O)cc1. The van der Waals surface area contributed by atoms with E-state index in [1.54, 1.807) is 12.1 Å². The Morgan fingerprint density at radius 1 is 0.966 bits per heavy atom. The molecule has 6 nitrogen and oxygen atoms in total. The molecule has 1 amide bonds. The topological polar surface area (TPSA) is 69.7 Å². The molecule has 0 aliphatic rings. The summed E-state index contributed by atoms with van der Waals surface area (Å²) in [4.78, 5) is 14.8. The Balaban J connectivity index is 1.98. The lowest BCUT2D eigenvalue weighted by Crippen LogP contribution is -2.40. The van der Waals surface area contributed by atoms with E-state index in [1.807, 2.05) is 31.2 Å². The number of hydrogen-bond donors (Lipinski definition) is 1. The Bertz CT molecular complexity index is 907. The second-order valence-electron chi connectivity index (χ2n) is 7.11. The summed E-state index contributed by atoms with van der Waals surface area (Å²) in [5, 5.41) is 2.82. The second kappa shape index (κ2) is 10.4. The monoisotopic (exact) mass is 417 g/mol. The van der Waals surface area contributed by atoms with Crippen molar-refractivity contribution < 1.29 is 13.2 Å². The molecule has 0 aromatic heterocycles. The van der Waals surface area contributed by atoms with Crippen LogP contribution in [0.1, 0.15) is 30.5 Å². The first-order chi connectivity index (χ1) is 13.7. The minimum Gasteiger partial charge on any atom is -0.350 e. The third-order valence-electron chi connectivity index (χ3n) is 4.88. The van der Waals surface area contributed by atoms with E-state index in [1.165, 1.54) is 5.56 Å². The predicted molar refractivity (Wildman–Crippen MR) is 118 cm³/mol. The van der Waals surface area contributed by atoms with Crippen LogP contribution in [0.25, 0.3) is 0 Å². The lowest BCUT2D eigenvalue weighted by Gasteiger charge is -2.23. The molecule has 0 aliphatic carbocycles. The van der Waals surface area contributed by atoms with E-state index in [-0.39, 0.29) is 12.5 Å². The van der Waals surface area contributed by atoms with Gasteiger partial charge in [0, 0.05) is 13.1 Å². The molecule has 0 atom stereocenters. The summed E-state index contributed by atoms with van der Waals surface area (Å²) in [6.07, 6.45) is 1.11. The molecule has 0 spiro atoms. The minimum absolute atomic E-state index is 0.246. The average Bonchev–Trinajstić information content (AvgIpc) is 2.69. The first-order valence-electron chi connectivity index (χ1n) is 9.84. The number of carbonyl (C=O) groups excluding carboxylic acids is 1. The average molecular weight is 418 g/mol. The van der Waals surface area contributed by atoms with Crippen LogP contribution in [-0.4, -0.2) is 45.1 Å². The molecule has 29 heavy (non-hydrogen) atoms. The Labute approximate surface area is 174 Å². The van der Waals surface area contributed by atoms with Gasteiger partial charge in [0.05, 0.1) is 11.9 Å². The van der Waals surface area contributed by atoms with Gasteiger partial charge in [-0.15, -0.1) is 0 Å². The highest BCUT2D eigenvalue weighted by Gasteiger charge is 2.21. The molecule has 0 unspecified atom stereocenters. The van der Waals surface area contributed by atoms with Crippen molar-refractivity contribution in [1.29, 1.82) is 0 Å².